The molecular weight excluding hydrogens is 413 g/mol. The molecule has 2 aromatic carbocycles. The van der Waals surface area contributed by atoms with Crippen molar-refractivity contribution < 1.29 is 4.39 Å². The molecule has 0 unspecified atom stereocenters. The van der Waals surface area contributed by atoms with Crippen LogP contribution in [0.2, 0.25) is 0 Å². The molecule has 0 bridgehead atoms. The van der Waals surface area contributed by atoms with Gasteiger partial charge in [-0.25, -0.2) is 14.4 Å². The Morgan fingerprint density at radius 2 is 1.81 bits per heavy atom. The third-order valence-electron chi connectivity index (χ3n) is 4.23. The first-order valence-corrected chi connectivity index (χ1v) is 9.67. The van der Waals surface area contributed by atoms with E-state index in [2.05, 4.69) is 38.1 Å². The fourth-order valence-corrected chi connectivity index (χ4v) is 4.30. The first kappa shape index (κ1) is 17.1. The van der Waals surface area contributed by atoms with Crippen LogP contribution in [0, 0.1) is 19.7 Å². The number of halogens is 2. The summed E-state index contributed by atoms with van der Waals surface area (Å²) >= 11 is 5.18. The molecule has 0 atom stereocenters. The predicted octanol–water partition coefficient (Wildman–Crippen LogP) is 6.62. The number of hydrogen-bond acceptors (Lipinski definition) is 4. The number of anilines is 2. The number of rotatable bonds is 3. The van der Waals surface area contributed by atoms with Gasteiger partial charge in [0, 0.05) is 20.6 Å². The standard InChI is InChI=1S/C20H15BrFN3S/c1-11-3-8-15(9-16(11)21)25-19-18-17(13-4-6-14(22)7-5-13)12(2)26-20(18)24-10-23-19/h3-10H,1-2H3,(H,23,24,25). The van der Waals surface area contributed by atoms with Gasteiger partial charge in [0.2, 0.25) is 0 Å². The van der Waals surface area contributed by atoms with Gasteiger partial charge in [0.1, 0.15) is 22.8 Å². The van der Waals surface area contributed by atoms with Crippen LogP contribution in [0.3, 0.4) is 0 Å². The highest BCUT2D eigenvalue weighted by Crippen LogP contribution is 2.41. The van der Waals surface area contributed by atoms with Crippen molar-refractivity contribution in [2.24, 2.45) is 0 Å². The fraction of sp³-hybridized carbons (Fsp3) is 0.100. The van der Waals surface area contributed by atoms with Crippen LogP contribution < -0.4 is 5.32 Å². The fourth-order valence-electron chi connectivity index (χ4n) is 2.91. The second-order valence-corrected chi connectivity index (χ2v) is 8.09. The number of benzene rings is 2. The summed E-state index contributed by atoms with van der Waals surface area (Å²) in [4.78, 5) is 10.9. The predicted molar refractivity (Wildman–Crippen MR) is 110 cm³/mol. The molecule has 4 aromatic rings. The number of fused-ring (bicyclic) bond motifs is 1. The Hall–Kier alpha value is -2.31. The Labute approximate surface area is 163 Å². The summed E-state index contributed by atoms with van der Waals surface area (Å²) in [5.74, 6) is 0.500. The van der Waals surface area contributed by atoms with E-state index in [1.165, 1.54) is 17.7 Å². The molecule has 1 N–H and O–H groups in total. The molecule has 0 saturated heterocycles. The molecule has 6 heteroatoms. The summed E-state index contributed by atoms with van der Waals surface area (Å²) in [6.07, 6.45) is 1.57. The van der Waals surface area contributed by atoms with E-state index in [1.54, 1.807) is 29.8 Å². The van der Waals surface area contributed by atoms with E-state index in [0.29, 0.717) is 0 Å². The first-order chi connectivity index (χ1) is 12.5. The average molecular weight is 428 g/mol. The van der Waals surface area contributed by atoms with Gasteiger partial charge in [0.25, 0.3) is 0 Å². The van der Waals surface area contributed by atoms with Gasteiger partial charge in [-0.1, -0.05) is 34.1 Å². The summed E-state index contributed by atoms with van der Waals surface area (Å²) in [5.41, 5.74) is 4.11. The Morgan fingerprint density at radius 3 is 2.54 bits per heavy atom. The van der Waals surface area contributed by atoms with Gasteiger partial charge in [-0.05, 0) is 49.2 Å². The molecule has 2 aromatic heterocycles. The minimum Gasteiger partial charge on any atom is -0.340 e. The number of aryl methyl sites for hydroxylation is 2. The minimum atomic E-state index is -0.245. The van der Waals surface area contributed by atoms with Gasteiger partial charge in [-0.3, -0.25) is 0 Å². The molecule has 0 aliphatic heterocycles. The molecule has 0 aliphatic rings. The van der Waals surface area contributed by atoms with Crippen LogP contribution in [-0.4, -0.2) is 9.97 Å². The van der Waals surface area contributed by atoms with E-state index in [9.17, 15) is 4.39 Å². The third kappa shape index (κ3) is 3.10. The highest BCUT2D eigenvalue weighted by Gasteiger charge is 2.17. The van der Waals surface area contributed by atoms with Crippen molar-refractivity contribution >= 4 is 49.0 Å². The normalized spacial score (nSPS) is 11.1. The summed E-state index contributed by atoms with van der Waals surface area (Å²) in [7, 11) is 0. The van der Waals surface area contributed by atoms with Crippen LogP contribution in [0.15, 0.2) is 53.3 Å². The van der Waals surface area contributed by atoms with Gasteiger partial charge in [0.05, 0.1) is 5.39 Å². The second kappa shape index (κ2) is 6.78. The number of nitrogens with zero attached hydrogens (tertiary/aromatic N) is 2. The second-order valence-electron chi connectivity index (χ2n) is 6.03. The molecular formula is C20H15BrFN3S. The summed E-state index contributed by atoms with van der Waals surface area (Å²) < 4.78 is 14.4. The van der Waals surface area contributed by atoms with E-state index in [1.807, 2.05) is 25.1 Å². The molecule has 0 amide bonds. The van der Waals surface area contributed by atoms with Crippen LogP contribution in [0.25, 0.3) is 21.3 Å². The lowest BCUT2D eigenvalue weighted by atomic mass is 10.0. The van der Waals surface area contributed by atoms with Crippen molar-refractivity contribution in [2.45, 2.75) is 13.8 Å². The van der Waals surface area contributed by atoms with Crippen molar-refractivity contribution in [3.05, 3.63) is 69.5 Å². The zero-order valence-corrected chi connectivity index (χ0v) is 16.6. The largest absolute Gasteiger partial charge is 0.340 e. The van der Waals surface area contributed by atoms with E-state index < -0.39 is 0 Å². The van der Waals surface area contributed by atoms with Crippen molar-refractivity contribution in [1.29, 1.82) is 0 Å². The van der Waals surface area contributed by atoms with Gasteiger partial charge in [-0.2, -0.15) is 0 Å². The van der Waals surface area contributed by atoms with Gasteiger partial charge < -0.3 is 5.32 Å². The maximum Gasteiger partial charge on any atom is 0.143 e. The summed E-state index contributed by atoms with van der Waals surface area (Å²) in [6, 6.07) is 12.6. The molecule has 2 heterocycles. The zero-order valence-electron chi connectivity index (χ0n) is 14.2. The number of aromatic nitrogens is 2. The van der Waals surface area contributed by atoms with Crippen molar-refractivity contribution in [2.75, 3.05) is 5.32 Å². The first-order valence-electron chi connectivity index (χ1n) is 8.06. The Bertz CT molecular complexity index is 1110. The molecule has 0 fully saturated rings. The lowest BCUT2D eigenvalue weighted by molar-refractivity contribution is 0.628. The zero-order chi connectivity index (χ0) is 18.3. The number of thiophene rings is 1. The van der Waals surface area contributed by atoms with Crippen molar-refractivity contribution in [3.63, 3.8) is 0 Å². The van der Waals surface area contributed by atoms with Crippen LogP contribution in [0.4, 0.5) is 15.9 Å². The molecule has 0 saturated carbocycles. The smallest absolute Gasteiger partial charge is 0.143 e. The molecule has 3 nitrogen and oxygen atoms in total. The van der Waals surface area contributed by atoms with Crippen molar-refractivity contribution in [1.82, 2.24) is 9.97 Å². The molecule has 26 heavy (non-hydrogen) atoms. The average Bonchev–Trinajstić information content (AvgIpc) is 2.96. The highest BCUT2D eigenvalue weighted by molar-refractivity contribution is 9.10. The lowest BCUT2D eigenvalue weighted by Gasteiger charge is -2.10. The van der Waals surface area contributed by atoms with Gasteiger partial charge in [0.15, 0.2) is 0 Å². The topological polar surface area (TPSA) is 37.8 Å². The molecule has 0 aliphatic carbocycles. The molecule has 0 spiro atoms. The third-order valence-corrected chi connectivity index (χ3v) is 6.10. The maximum absolute atomic E-state index is 13.3. The summed E-state index contributed by atoms with van der Waals surface area (Å²) in [6.45, 7) is 4.10. The SMILES string of the molecule is Cc1ccc(Nc2ncnc3sc(C)c(-c4ccc(F)cc4)c23)cc1Br. The summed E-state index contributed by atoms with van der Waals surface area (Å²) in [5, 5.41) is 4.36. The Balaban J connectivity index is 1.87. The van der Waals surface area contributed by atoms with Crippen LogP contribution >= 0.6 is 27.3 Å². The molecule has 4 rings (SSSR count). The molecule has 130 valence electrons. The highest BCUT2D eigenvalue weighted by atomic mass is 79.9. The van der Waals surface area contributed by atoms with Gasteiger partial charge in [-0.15, -0.1) is 11.3 Å². The van der Waals surface area contributed by atoms with Gasteiger partial charge >= 0.3 is 0 Å². The van der Waals surface area contributed by atoms with Crippen molar-refractivity contribution in [3.8, 4) is 11.1 Å². The van der Waals surface area contributed by atoms with E-state index in [-0.39, 0.29) is 5.82 Å². The monoisotopic (exact) mass is 427 g/mol. The number of hydrogen-bond donors (Lipinski definition) is 1. The van der Waals surface area contributed by atoms with Crippen LogP contribution in [-0.2, 0) is 0 Å². The Morgan fingerprint density at radius 1 is 1.04 bits per heavy atom. The van der Waals surface area contributed by atoms with Crippen LogP contribution in [0.1, 0.15) is 10.4 Å². The van der Waals surface area contributed by atoms with E-state index in [4.69, 9.17) is 0 Å². The van der Waals surface area contributed by atoms with Crippen LogP contribution in [0.5, 0.6) is 0 Å². The van der Waals surface area contributed by atoms with E-state index in [0.717, 1.165) is 42.2 Å². The number of nitrogens with one attached hydrogen (secondary N) is 1. The Kier molecular flexibility index (Phi) is 4.46. The molecule has 0 radical (unpaired) electrons. The van der Waals surface area contributed by atoms with E-state index >= 15 is 0 Å². The lowest BCUT2D eigenvalue weighted by Crippen LogP contribution is -1.96. The minimum absolute atomic E-state index is 0.245. The maximum atomic E-state index is 13.3. The quantitative estimate of drug-likeness (QED) is 0.399.